The van der Waals surface area contributed by atoms with Crippen molar-refractivity contribution in [2.45, 2.75) is 76.9 Å². The second-order valence-electron chi connectivity index (χ2n) is 13.6. The number of halogens is 2. The number of urea groups is 1. The molecule has 0 radical (unpaired) electrons. The predicted octanol–water partition coefficient (Wildman–Crippen LogP) is 6.64. The van der Waals surface area contributed by atoms with Crippen molar-refractivity contribution in [1.29, 1.82) is 0 Å². The lowest BCUT2D eigenvalue weighted by Gasteiger charge is -2.47. The van der Waals surface area contributed by atoms with Gasteiger partial charge in [-0.3, -0.25) is 19.7 Å². The number of likely N-dealkylation sites (tertiary alicyclic amines) is 1. The summed E-state index contributed by atoms with van der Waals surface area (Å²) in [5, 5.41) is 4.41. The van der Waals surface area contributed by atoms with Crippen LogP contribution < -0.4 is 15.8 Å². The summed E-state index contributed by atoms with van der Waals surface area (Å²) < 4.78 is 6.24. The van der Waals surface area contributed by atoms with Gasteiger partial charge in [-0.1, -0.05) is 68.2 Å². The van der Waals surface area contributed by atoms with Gasteiger partial charge in [0.1, 0.15) is 22.7 Å². The van der Waals surface area contributed by atoms with E-state index >= 15 is 4.79 Å². The number of carbonyl (C=O) groups excluding carboxylic acids is 2. The number of nitrogens with zero attached hydrogens (tertiary/aromatic N) is 4. The van der Waals surface area contributed by atoms with Crippen molar-refractivity contribution >= 4 is 41.0 Å². The number of nitrogens with two attached hydrogens (primary N) is 1. The number of amides is 3. The first-order chi connectivity index (χ1) is 22.2. The van der Waals surface area contributed by atoms with Crippen molar-refractivity contribution in [2.24, 2.45) is 10.7 Å². The molecule has 11 heteroatoms. The molecule has 3 N–H and O–H groups in total. The maximum Gasteiger partial charge on any atom is 0.326 e. The average molecular weight is 680 g/mol. The van der Waals surface area contributed by atoms with E-state index in [4.69, 9.17) is 43.6 Å². The van der Waals surface area contributed by atoms with Crippen molar-refractivity contribution in [3.8, 4) is 5.75 Å². The number of aliphatic imine (C=N–C) groups is 1. The molecule has 0 aliphatic carbocycles. The number of carbonyl (C=O) groups is 2. The number of piperidine rings is 1. The minimum absolute atomic E-state index is 0.0824. The Bertz CT molecular complexity index is 1650. The van der Waals surface area contributed by atoms with Crippen LogP contribution in [-0.4, -0.2) is 64.8 Å². The normalized spacial score (nSPS) is 21.9. The van der Waals surface area contributed by atoms with E-state index < -0.39 is 17.0 Å². The zero-order chi connectivity index (χ0) is 34.1. The van der Waals surface area contributed by atoms with Crippen LogP contribution in [0, 0.1) is 0 Å². The molecule has 0 saturated carbocycles. The monoisotopic (exact) mass is 678 g/mol. The second-order valence-corrected chi connectivity index (χ2v) is 14.4. The first-order valence-corrected chi connectivity index (χ1v) is 16.8. The lowest BCUT2D eigenvalue weighted by atomic mass is 9.71. The minimum atomic E-state index is -1.02. The molecule has 0 spiro atoms. The number of aromatic nitrogens is 1. The first kappa shape index (κ1) is 34.7. The largest absolute Gasteiger partial charge is 0.493 e. The molecule has 2 aliphatic rings. The number of primary amides is 1. The molecular weight excluding hydrogens is 635 g/mol. The van der Waals surface area contributed by atoms with Gasteiger partial charge in [0.05, 0.1) is 18.7 Å². The Hall–Kier alpha value is -3.66. The van der Waals surface area contributed by atoms with Gasteiger partial charge in [0.25, 0.3) is 0 Å². The molecule has 1 fully saturated rings. The molecule has 1 aromatic heterocycles. The fourth-order valence-electron chi connectivity index (χ4n) is 6.52. The van der Waals surface area contributed by atoms with E-state index in [1.165, 1.54) is 0 Å². The van der Waals surface area contributed by atoms with Crippen molar-refractivity contribution < 1.29 is 14.3 Å². The maximum atomic E-state index is 15.0. The van der Waals surface area contributed by atoms with Gasteiger partial charge in [0.15, 0.2) is 0 Å². The smallest absolute Gasteiger partial charge is 0.326 e. The molecule has 3 amide bonds. The van der Waals surface area contributed by atoms with Crippen LogP contribution >= 0.6 is 23.2 Å². The molecule has 250 valence electrons. The van der Waals surface area contributed by atoms with Crippen molar-refractivity contribution in [3.05, 3.63) is 93.2 Å². The number of hydrogen-bond acceptors (Lipinski definition) is 6. The quantitative estimate of drug-likeness (QED) is 0.277. The predicted molar refractivity (Wildman–Crippen MR) is 187 cm³/mol. The fourth-order valence-corrected chi connectivity index (χ4v) is 6.77. The van der Waals surface area contributed by atoms with Crippen LogP contribution in [0.5, 0.6) is 5.75 Å². The van der Waals surface area contributed by atoms with Gasteiger partial charge in [-0.15, -0.1) is 0 Å². The molecule has 47 heavy (non-hydrogen) atoms. The molecular formula is C36H44Cl2N6O3. The number of nitrogens with one attached hydrogen (secondary N) is 1. The standard InChI is InChI=1S/C36H44Cl2N6O3/c1-7-47-29-20-30(34(2,3)4)41-21-28(29)32-42-35(5,23-8-12-25(37)13-9-23)36(6,24-10-14-26(38)15-11-24)44(32)33(46)43-18-16-27(17-19-43)40-22-31(39)45/h8-15,20-21,27,40H,7,16-19,22H2,1-6H3,(H2,39,45)/t35-,36?/m0/s1. The molecule has 1 saturated heterocycles. The Kier molecular flexibility index (Phi) is 9.92. The zero-order valence-electron chi connectivity index (χ0n) is 27.9. The summed E-state index contributed by atoms with van der Waals surface area (Å²) in [6, 6.07) is 17.1. The number of hydrogen-bond donors (Lipinski definition) is 2. The highest BCUT2D eigenvalue weighted by molar-refractivity contribution is 6.30. The number of benzene rings is 2. The molecule has 3 heterocycles. The average Bonchev–Trinajstić information content (AvgIpc) is 3.28. The highest BCUT2D eigenvalue weighted by Crippen LogP contribution is 2.54. The van der Waals surface area contributed by atoms with E-state index in [0.29, 0.717) is 59.7 Å². The van der Waals surface area contributed by atoms with Gasteiger partial charge in [-0.25, -0.2) is 4.79 Å². The van der Waals surface area contributed by atoms with Gasteiger partial charge in [0.2, 0.25) is 5.91 Å². The van der Waals surface area contributed by atoms with Crippen molar-refractivity contribution in [1.82, 2.24) is 20.1 Å². The summed E-state index contributed by atoms with van der Waals surface area (Å²) in [6.45, 7) is 13.9. The summed E-state index contributed by atoms with van der Waals surface area (Å²) in [6.07, 6.45) is 3.13. The third-order valence-electron chi connectivity index (χ3n) is 9.45. The summed E-state index contributed by atoms with van der Waals surface area (Å²) >= 11 is 12.7. The SMILES string of the molecule is CCOc1cc(C(C)(C)C)ncc1C1=N[C@@](C)(c2ccc(Cl)cc2)C(C)(c2ccc(Cl)cc2)N1C(=O)N1CCC(NCC(N)=O)CC1. The van der Waals surface area contributed by atoms with Gasteiger partial charge in [-0.2, -0.15) is 0 Å². The van der Waals surface area contributed by atoms with Crippen LogP contribution in [0.25, 0.3) is 0 Å². The highest BCUT2D eigenvalue weighted by atomic mass is 35.5. The number of ether oxygens (including phenoxy) is 1. The van der Waals surface area contributed by atoms with Crippen LogP contribution in [0.4, 0.5) is 4.79 Å². The van der Waals surface area contributed by atoms with Gasteiger partial charge < -0.3 is 20.7 Å². The highest BCUT2D eigenvalue weighted by Gasteiger charge is 2.60. The summed E-state index contributed by atoms with van der Waals surface area (Å²) in [5.74, 6) is 0.672. The van der Waals surface area contributed by atoms with E-state index in [1.807, 2.05) is 71.3 Å². The maximum absolute atomic E-state index is 15.0. The summed E-state index contributed by atoms with van der Waals surface area (Å²) in [5.41, 5.74) is 6.40. The molecule has 3 aromatic rings. The summed E-state index contributed by atoms with van der Waals surface area (Å²) in [7, 11) is 0. The zero-order valence-corrected chi connectivity index (χ0v) is 29.5. The number of amidine groups is 1. The van der Waals surface area contributed by atoms with Crippen LogP contribution in [-0.2, 0) is 21.3 Å². The van der Waals surface area contributed by atoms with Gasteiger partial charge in [-0.05, 0) is 69.0 Å². The minimum Gasteiger partial charge on any atom is -0.493 e. The van der Waals surface area contributed by atoms with E-state index in [0.717, 1.165) is 16.8 Å². The third-order valence-corrected chi connectivity index (χ3v) is 9.95. The van der Waals surface area contributed by atoms with E-state index in [1.54, 1.807) is 6.20 Å². The van der Waals surface area contributed by atoms with Gasteiger partial charge >= 0.3 is 6.03 Å². The Labute approximate surface area is 287 Å². The second kappa shape index (κ2) is 13.5. The Morgan fingerprint density at radius 2 is 1.57 bits per heavy atom. The van der Waals surface area contributed by atoms with Crippen molar-refractivity contribution in [2.75, 3.05) is 26.2 Å². The van der Waals surface area contributed by atoms with E-state index in [-0.39, 0.29) is 24.0 Å². The molecule has 0 bridgehead atoms. The molecule has 9 nitrogen and oxygen atoms in total. The molecule has 2 aliphatic heterocycles. The van der Waals surface area contributed by atoms with Crippen molar-refractivity contribution in [3.63, 3.8) is 0 Å². The Morgan fingerprint density at radius 1 is 1.00 bits per heavy atom. The number of rotatable bonds is 8. The number of pyridine rings is 1. The Morgan fingerprint density at radius 3 is 2.11 bits per heavy atom. The molecule has 1 unspecified atom stereocenters. The Balaban J connectivity index is 1.70. The van der Waals surface area contributed by atoms with Crippen LogP contribution in [0.3, 0.4) is 0 Å². The third kappa shape index (κ3) is 6.71. The lowest BCUT2D eigenvalue weighted by molar-refractivity contribution is -0.117. The molecule has 5 rings (SSSR count). The molecule has 2 atom stereocenters. The first-order valence-electron chi connectivity index (χ1n) is 16.1. The van der Waals surface area contributed by atoms with Crippen LogP contribution in [0.15, 0.2) is 65.8 Å². The van der Waals surface area contributed by atoms with E-state index in [9.17, 15) is 4.79 Å². The van der Waals surface area contributed by atoms with Crippen LogP contribution in [0.2, 0.25) is 10.0 Å². The topological polar surface area (TPSA) is 113 Å². The lowest BCUT2D eigenvalue weighted by Crippen LogP contribution is -2.59. The van der Waals surface area contributed by atoms with Crippen LogP contribution in [0.1, 0.15) is 76.8 Å². The van der Waals surface area contributed by atoms with Gasteiger partial charge in [0, 0.05) is 52.5 Å². The molecule has 2 aromatic carbocycles. The van der Waals surface area contributed by atoms with E-state index in [2.05, 4.69) is 39.9 Å². The summed E-state index contributed by atoms with van der Waals surface area (Å²) in [4.78, 5) is 40.4. The fraction of sp³-hybridized carbons (Fsp3) is 0.444.